The van der Waals surface area contributed by atoms with Crippen LogP contribution in [0.15, 0.2) is 22.9 Å². The van der Waals surface area contributed by atoms with Gasteiger partial charge in [0.25, 0.3) is 5.91 Å². The van der Waals surface area contributed by atoms with E-state index in [0.717, 1.165) is 35.6 Å². The predicted molar refractivity (Wildman–Crippen MR) is 97.9 cm³/mol. The van der Waals surface area contributed by atoms with Gasteiger partial charge in [0.1, 0.15) is 5.76 Å². The molecule has 5 rings (SSSR count). The van der Waals surface area contributed by atoms with Crippen molar-refractivity contribution in [2.75, 3.05) is 13.1 Å². The Morgan fingerprint density at radius 2 is 2.04 bits per heavy atom. The van der Waals surface area contributed by atoms with Crippen molar-refractivity contribution in [3.05, 3.63) is 46.6 Å². The molecular weight excluding hydrogens is 344 g/mol. The third-order valence-corrected chi connectivity index (χ3v) is 5.75. The standard InChI is InChI=1S/C20H24N4O3/c1-12-4-5-15(8-21-12)19(25)23-9-16-6-7-17(10-23)24(20(16)26)11-18-13(2)22-27-14(18)3/h4-5,8,16-17H,6-7,9-11H2,1-3H3/t16-,17+/m1/s1. The summed E-state index contributed by atoms with van der Waals surface area (Å²) in [6, 6.07) is 3.67. The van der Waals surface area contributed by atoms with Gasteiger partial charge in [-0.15, -0.1) is 0 Å². The Morgan fingerprint density at radius 1 is 1.22 bits per heavy atom. The molecule has 7 nitrogen and oxygen atoms in total. The molecular formula is C20H24N4O3. The molecule has 3 aliphatic rings. The van der Waals surface area contributed by atoms with E-state index in [1.54, 1.807) is 12.3 Å². The van der Waals surface area contributed by atoms with Crippen LogP contribution in [0.25, 0.3) is 0 Å². The summed E-state index contributed by atoms with van der Waals surface area (Å²) in [5.74, 6) is 0.681. The molecule has 7 heteroatoms. The Morgan fingerprint density at radius 3 is 2.70 bits per heavy atom. The molecule has 2 bridgehead atoms. The van der Waals surface area contributed by atoms with Gasteiger partial charge in [-0.2, -0.15) is 0 Å². The highest BCUT2D eigenvalue weighted by atomic mass is 16.5. The molecule has 0 unspecified atom stereocenters. The number of amides is 2. The van der Waals surface area contributed by atoms with Crippen molar-refractivity contribution < 1.29 is 14.1 Å². The number of rotatable bonds is 3. The second-order valence-corrected chi connectivity index (χ2v) is 7.60. The molecule has 0 aliphatic carbocycles. The number of hydrogen-bond acceptors (Lipinski definition) is 5. The molecule has 3 saturated heterocycles. The number of pyridine rings is 1. The van der Waals surface area contributed by atoms with Gasteiger partial charge in [-0.3, -0.25) is 14.6 Å². The van der Waals surface area contributed by atoms with E-state index < -0.39 is 0 Å². The van der Waals surface area contributed by atoms with Crippen molar-refractivity contribution in [2.24, 2.45) is 5.92 Å². The quantitative estimate of drug-likeness (QED) is 0.830. The van der Waals surface area contributed by atoms with Crippen LogP contribution in [0.5, 0.6) is 0 Å². The average molecular weight is 368 g/mol. The van der Waals surface area contributed by atoms with E-state index in [-0.39, 0.29) is 23.8 Å². The zero-order valence-electron chi connectivity index (χ0n) is 15.9. The number of aromatic nitrogens is 2. The van der Waals surface area contributed by atoms with Gasteiger partial charge in [0, 0.05) is 36.6 Å². The van der Waals surface area contributed by atoms with Gasteiger partial charge in [-0.1, -0.05) is 5.16 Å². The number of fused-ring (bicyclic) bond motifs is 4. The lowest BCUT2D eigenvalue weighted by Crippen LogP contribution is -2.47. The summed E-state index contributed by atoms with van der Waals surface area (Å²) in [4.78, 5) is 33.9. The van der Waals surface area contributed by atoms with Gasteiger partial charge in [0.2, 0.25) is 5.91 Å². The molecule has 0 saturated carbocycles. The molecule has 27 heavy (non-hydrogen) atoms. The van der Waals surface area contributed by atoms with Crippen LogP contribution in [-0.4, -0.2) is 50.9 Å². The van der Waals surface area contributed by atoms with Crippen LogP contribution in [0.2, 0.25) is 0 Å². The second-order valence-electron chi connectivity index (χ2n) is 7.60. The number of carbonyl (C=O) groups excluding carboxylic acids is 2. The molecule has 142 valence electrons. The topological polar surface area (TPSA) is 79.5 Å². The third-order valence-electron chi connectivity index (χ3n) is 5.75. The molecule has 2 atom stereocenters. The normalized spacial score (nSPS) is 22.3. The number of carbonyl (C=O) groups is 2. The Balaban J connectivity index is 1.57. The van der Waals surface area contributed by atoms with E-state index in [1.165, 1.54) is 0 Å². The third kappa shape index (κ3) is 3.22. The summed E-state index contributed by atoms with van der Waals surface area (Å²) in [7, 11) is 0. The highest BCUT2D eigenvalue weighted by Crippen LogP contribution is 2.32. The smallest absolute Gasteiger partial charge is 0.255 e. The largest absolute Gasteiger partial charge is 0.361 e. The fourth-order valence-corrected chi connectivity index (χ4v) is 4.09. The van der Waals surface area contributed by atoms with E-state index in [0.29, 0.717) is 25.2 Å². The lowest BCUT2D eigenvalue weighted by atomic mass is 9.93. The van der Waals surface area contributed by atoms with E-state index >= 15 is 0 Å². The maximum Gasteiger partial charge on any atom is 0.255 e. The minimum Gasteiger partial charge on any atom is -0.361 e. The summed E-state index contributed by atoms with van der Waals surface area (Å²) in [5.41, 5.74) is 3.24. The van der Waals surface area contributed by atoms with Crippen LogP contribution in [0.3, 0.4) is 0 Å². The molecule has 3 aliphatic heterocycles. The molecule has 3 fully saturated rings. The number of hydrogen-bond donors (Lipinski definition) is 0. The van der Waals surface area contributed by atoms with Crippen molar-refractivity contribution in [2.45, 2.75) is 46.2 Å². The van der Waals surface area contributed by atoms with E-state index in [4.69, 9.17) is 4.52 Å². The minimum atomic E-state index is -0.147. The molecule has 2 aromatic rings. The van der Waals surface area contributed by atoms with Crippen LogP contribution < -0.4 is 0 Å². The van der Waals surface area contributed by atoms with Gasteiger partial charge in [-0.05, 0) is 45.7 Å². The van der Waals surface area contributed by atoms with Crippen molar-refractivity contribution in [3.63, 3.8) is 0 Å². The highest BCUT2D eigenvalue weighted by Gasteiger charge is 2.42. The number of aryl methyl sites for hydroxylation is 3. The Labute approximate surface area is 158 Å². The summed E-state index contributed by atoms with van der Waals surface area (Å²) in [6.45, 7) is 7.18. The predicted octanol–water partition coefficient (Wildman–Crippen LogP) is 2.26. The first-order chi connectivity index (χ1) is 12.9. The van der Waals surface area contributed by atoms with Gasteiger partial charge in [0.15, 0.2) is 0 Å². The number of nitrogens with zero attached hydrogens (tertiary/aromatic N) is 4. The fourth-order valence-electron chi connectivity index (χ4n) is 4.09. The van der Waals surface area contributed by atoms with E-state index in [1.807, 2.05) is 36.6 Å². The minimum absolute atomic E-state index is 0.0207. The Bertz CT molecular complexity index is 854. The molecule has 2 aromatic heterocycles. The van der Waals surface area contributed by atoms with Crippen molar-refractivity contribution in [1.82, 2.24) is 19.9 Å². The first-order valence-electron chi connectivity index (χ1n) is 9.38. The van der Waals surface area contributed by atoms with Crippen LogP contribution in [-0.2, 0) is 11.3 Å². The first-order valence-corrected chi connectivity index (χ1v) is 9.38. The maximum absolute atomic E-state index is 13.0. The van der Waals surface area contributed by atoms with Gasteiger partial charge in [-0.25, -0.2) is 0 Å². The summed E-state index contributed by atoms with van der Waals surface area (Å²) in [6.07, 6.45) is 3.36. The van der Waals surface area contributed by atoms with Crippen LogP contribution in [0.1, 0.15) is 45.9 Å². The molecule has 2 amide bonds. The summed E-state index contributed by atoms with van der Waals surface area (Å²) in [5, 5.41) is 4.00. The van der Waals surface area contributed by atoms with Gasteiger partial charge >= 0.3 is 0 Å². The maximum atomic E-state index is 13.0. The van der Waals surface area contributed by atoms with E-state index in [9.17, 15) is 9.59 Å². The monoisotopic (exact) mass is 368 g/mol. The average Bonchev–Trinajstić information content (AvgIpc) is 2.83. The molecule has 0 N–H and O–H groups in total. The molecule has 0 aromatic carbocycles. The van der Waals surface area contributed by atoms with Crippen LogP contribution >= 0.6 is 0 Å². The SMILES string of the molecule is Cc1ccc(C(=O)N2C[C@H]3CC[C@@H](C2)N(Cc2c(C)noc2C)C3=O)cn1. The highest BCUT2D eigenvalue weighted by molar-refractivity contribution is 5.94. The lowest BCUT2D eigenvalue weighted by molar-refractivity contribution is -0.140. The molecule has 0 spiro atoms. The zero-order chi connectivity index (χ0) is 19.1. The summed E-state index contributed by atoms with van der Waals surface area (Å²) >= 11 is 0. The van der Waals surface area contributed by atoms with Crippen molar-refractivity contribution >= 4 is 11.8 Å². The first kappa shape index (κ1) is 17.7. The number of piperidine rings is 1. The van der Waals surface area contributed by atoms with Crippen LogP contribution in [0.4, 0.5) is 0 Å². The lowest BCUT2D eigenvalue weighted by Gasteiger charge is -2.35. The Hall–Kier alpha value is -2.70. The van der Waals surface area contributed by atoms with Gasteiger partial charge < -0.3 is 14.3 Å². The molecule has 5 heterocycles. The van der Waals surface area contributed by atoms with Crippen molar-refractivity contribution in [1.29, 1.82) is 0 Å². The Kier molecular flexibility index (Phi) is 4.45. The van der Waals surface area contributed by atoms with Crippen molar-refractivity contribution in [3.8, 4) is 0 Å². The van der Waals surface area contributed by atoms with Gasteiger partial charge in [0.05, 0.1) is 23.7 Å². The molecule has 0 radical (unpaired) electrons. The second kappa shape index (κ2) is 6.79. The van der Waals surface area contributed by atoms with E-state index in [2.05, 4.69) is 10.1 Å². The summed E-state index contributed by atoms with van der Waals surface area (Å²) < 4.78 is 5.25. The fraction of sp³-hybridized carbons (Fsp3) is 0.500. The zero-order valence-corrected chi connectivity index (χ0v) is 15.9. The van der Waals surface area contributed by atoms with Crippen LogP contribution in [0, 0.1) is 26.7 Å².